The lowest BCUT2D eigenvalue weighted by Gasteiger charge is -2.11. The lowest BCUT2D eigenvalue weighted by Crippen LogP contribution is -2.28. The average molecular weight is 457 g/mol. The van der Waals surface area contributed by atoms with Crippen LogP contribution in [0.25, 0.3) is 27.4 Å². The predicted octanol–water partition coefficient (Wildman–Crippen LogP) is 5.21. The molecule has 1 aliphatic carbocycles. The van der Waals surface area contributed by atoms with Gasteiger partial charge in [0.2, 0.25) is 5.82 Å². The van der Waals surface area contributed by atoms with E-state index in [9.17, 15) is 4.79 Å². The van der Waals surface area contributed by atoms with Gasteiger partial charge in [0.25, 0.3) is 0 Å². The number of furan rings is 1. The van der Waals surface area contributed by atoms with Gasteiger partial charge in [-0.25, -0.2) is 9.78 Å². The maximum Gasteiger partial charge on any atom is 0.352 e. The Labute approximate surface area is 184 Å². The summed E-state index contributed by atoms with van der Waals surface area (Å²) in [7, 11) is 0. The Balaban J connectivity index is 1.68. The summed E-state index contributed by atoms with van der Waals surface area (Å²) < 4.78 is 8.53. The summed E-state index contributed by atoms with van der Waals surface area (Å²) >= 11 is 14.5. The zero-order valence-corrected chi connectivity index (χ0v) is 17.9. The third-order valence-electron chi connectivity index (χ3n) is 5.51. The molecule has 0 saturated heterocycles. The second-order valence-corrected chi connectivity index (χ2v) is 9.15. The summed E-state index contributed by atoms with van der Waals surface area (Å²) in [6, 6.07) is 8.91. The summed E-state index contributed by atoms with van der Waals surface area (Å²) in [5.41, 5.74) is 2.27. The fourth-order valence-corrected chi connectivity index (χ4v) is 6.00. The number of thiophene rings is 1. The van der Waals surface area contributed by atoms with Crippen LogP contribution in [0.2, 0.25) is 10.0 Å². The second-order valence-electron chi connectivity index (χ2n) is 7.25. The number of aromatic nitrogens is 4. The highest BCUT2D eigenvalue weighted by molar-refractivity contribution is 7.19. The van der Waals surface area contributed by atoms with E-state index in [0.29, 0.717) is 32.8 Å². The fourth-order valence-electron chi connectivity index (χ4n) is 4.11. The molecule has 150 valence electrons. The quantitative estimate of drug-likeness (QED) is 0.373. The molecule has 0 unspecified atom stereocenters. The highest BCUT2D eigenvalue weighted by Crippen LogP contribution is 2.39. The van der Waals surface area contributed by atoms with Crippen LogP contribution in [0.5, 0.6) is 0 Å². The number of aryl methyl sites for hydroxylation is 2. The van der Waals surface area contributed by atoms with Crippen molar-refractivity contribution in [1.29, 1.82) is 0 Å². The van der Waals surface area contributed by atoms with Crippen molar-refractivity contribution in [3.05, 3.63) is 73.1 Å². The van der Waals surface area contributed by atoms with E-state index in [1.807, 2.05) is 0 Å². The van der Waals surface area contributed by atoms with E-state index in [4.69, 9.17) is 27.6 Å². The van der Waals surface area contributed by atoms with Gasteiger partial charge in [0.05, 0.1) is 18.2 Å². The van der Waals surface area contributed by atoms with E-state index in [1.165, 1.54) is 15.0 Å². The van der Waals surface area contributed by atoms with E-state index in [-0.39, 0.29) is 12.2 Å². The molecule has 1 aliphatic rings. The minimum Gasteiger partial charge on any atom is -0.461 e. The first-order chi connectivity index (χ1) is 14.6. The number of nitrogens with zero attached hydrogens (tertiary/aromatic N) is 4. The zero-order valence-electron chi connectivity index (χ0n) is 15.6. The molecule has 0 bridgehead atoms. The molecule has 5 aromatic rings. The Kier molecular flexibility index (Phi) is 4.06. The van der Waals surface area contributed by atoms with Crippen molar-refractivity contribution in [1.82, 2.24) is 19.2 Å². The molecule has 0 aliphatic heterocycles. The summed E-state index contributed by atoms with van der Waals surface area (Å²) in [5.74, 6) is 0.920. The number of halogens is 2. The molecule has 0 spiro atoms. The highest BCUT2D eigenvalue weighted by Gasteiger charge is 2.26. The van der Waals surface area contributed by atoms with E-state index in [1.54, 1.807) is 52.5 Å². The third-order valence-corrected chi connectivity index (χ3v) is 7.53. The number of fused-ring (bicyclic) bond motifs is 5. The minimum absolute atomic E-state index is 0.263. The van der Waals surface area contributed by atoms with Crippen LogP contribution in [0, 0.1) is 0 Å². The molecule has 0 fully saturated rings. The van der Waals surface area contributed by atoms with Crippen LogP contribution in [0.3, 0.4) is 0 Å². The molecule has 6 rings (SSSR count). The lowest BCUT2D eigenvalue weighted by atomic mass is 10.2. The van der Waals surface area contributed by atoms with Gasteiger partial charge >= 0.3 is 5.69 Å². The molecule has 0 atom stereocenters. The van der Waals surface area contributed by atoms with Crippen LogP contribution < -0.4 is 5.69 Å². The van der Waals surface area contributed by atoms with Gasteiger partial charge in [-0.2, -0.15) is 4.52 Å². The molecule has 6 nitrogen and oxygen atoms in total. The second kappa shape index (κ2) is 6.70. The van der Waals surface area contributed by atoms with Crippen molar-refractivity contribution in [3.63, 3.8) is 0 Å². The number of hydrogen-bond acceptors (Lipinski definition) is 5. The zero-order chi connectivity index (χ0) is 20.4. The molecule has 9 heteroatoms. The van der Waals surface area contributed by atoms with Gasteiger partial charge in [-0.05, 0) is 49.1 Å². The van der Waals surface area contributed by atoms with Crippen LogP contribution in [-0.4, -0.2) is 19.2 Å². The van der Waals surface area contributed by atoms with Gasteiger partial charge in [-0.1, -0.05) is 29.3 Å². The Hall–Kier alpha value is -2.61. The van der Waals surface area contributed by atoms with E-state index < -0.39 is 0 Å². The van der Waals surface area contributed by atoms with E-state index in [0.717, 1.165) is 29.5 Å². The van der Waals surface area contributed by atoms with Crippen LogP contribution in [0.1, 0.15) is 22.4 Å². The summed E-state index contributed by atoms with van der Waals surface area (Å²) in [4.78, 5) is 20.4. The van der Waals surface area contributed by atoms with Crippen LogP contribution in [0.4, 0.5) is 0 Å². The smallest absolute Gasteiger partial charge is 0.352 e. The van der Waals surface area contributed by atoms with Gasteiger partial charge in [0, 0.05) is 20.5 Å². The van der Waals surface area contributed by atoms with Crippen molar-refractivity contribution in [3.8, 4) is 11.6 Å². The molecule has 1 aromatic carbocycles. The van der Waals surface area contributed by atoms with Crippen LogP contribution in [-0.2, 0) is 19.4 Å². The number of hydrogen-bond donors (Lipinski definition) is 0. The van der Waals surface area contributed by atoms with Gasteiger partial charge in [0.15, 0.2) is 11.4 Å². The maximum atomic E-state index is 13.5. The number of rotatable bonds is 3. The largest absolute Gasteiger partial charge is 0.461 e. The Morgan fingerprint density at radius 1 is 1.13 bits per heavy atom. The van der Waals surface area contributed by atoms with Crippen molar-refractivity contribution in [2.75, 3.05) is 0 Å². The molecule has 0 N–H and O–H groups in total. The molecular formula is C21H14Cl2N4O2S. The van der Waals surface area contributed by atoms with Crippen molar-refractivity contribution >= 4 is 50.4 Å². The fraction of sp³-hybridized carbons (Fsp3) is 0.190. The topological polar surface area (TPSA) is 65.3 Å². The first-order valence-electron chi connectivity index (χ1n) is 9.52. The van der Waals surface area contributed by atoms with E-state index >= 15 is 0 Å². The lowest BCUT2D eigenvalue weighted by molar-refractivity contribution is 0.576. The van der Waals surface area contributed by atoms with Crippen molar-refractivity contribution in [2.45, 2.75) is 25.8 Å². The Morgan fingerprint density at radius 3 is 2.73 bits per heavy atom. The predicted molar refractivity (Wildman–Crippen MR) is 118 cm³/mol. The van der Waals surface area contributed by atoms with Gasteiger partial charge in [-0.15, -0.1) is 16.4 Å². The molecular weight excluding hydrogens is 443 g/mol. The molecule has 0 radical (unpaired) electrons. The maximum absolute atomic E-state index is 13.5. The Morgan fingerprint density at radius 2 is 1.97 bits per heavy atom. The first kappa shape index (κ1) is 18.2. The number of benzene rings is 1. The molecule has 4 heterocycles. The van der Waals surface area contributed by atoms with Crippen LogP contribution >= 0.6 is 34.5 Å². The summed E-state index contributed by atoms with van der Waals surface area (Å²) in [5, 5.41) is 6.52. The van der Waals surface area contributed by atoms with E-state index in [2.05, 4.69) is 10.1 Å². The minimum atomic E-state index is -0.279. The van der Waals surface area contributed by atoms with Crippen molar-refractivity contribution < 1.29 is 4.42 Å². The average Bonchev–Trinajstić information content (AvgIpc) is 3.48. The molecule has 0 saturated carbocycles. The molecule has 4 aromatic heterocycles. The standard InChI is InChI=1S/C21H14Cl2N4O2S/c22-13-5-2-6-14(23)12(13)10-26-20-17(11-4-1-8-16(11)30-20)19-24-18(15-7-3-9-29-15)25-27(19)21(26)28/h2-3,5-7,9H,1,4,8,10H2. The van der Waals surface area contributed by atoms with Gasteiger partial charge in [-0.3, -0.25) is 4.57 Å². The SMILES string of the molecule is O=c1n(Cc2c(Cl)cccc2Cl)c2sc3c(c2c2nc(-c4ccco4)nn12)CCC3. The van der Waals surface area contributed by atoms with Crippen LogP contribution in [0.15, 0.2) is 45.8 Å². The Bertz CT molecular complexity index is 1480. The van der Waals surface area contributed by atoms with Crippen molar-refractivity contribution in [2.24, 2.45) is 0 Å². The van der Waals surface area contributed by atoms with Gasteiger partial charge in [0.1, 0.15) is 4.83 Å². The third kappa shape index (κ3) is 2.59. The normalized spacial score (nSPS) is 13.5. The summed E-state index contributed by atoms with van der Waals surface area (Å²) in [6.45, 7) is 0.263. The monoisotopic (exact) mass is 456 g/mol. The first-order valence-corrected chi connectivity index (χ1v) is 11.1. The van der Waals surface area contributed by atoms with Gasteiger partial charge < -0.3 is 4.42 Å². The molecule has 0 amide bonds. The summed E-state index contributed by atoms with van der Waals surface area (Å²) in [6.07, 6.45) is 4.66. The molecule has 30 heavy (non-hydrogen) atoms. The highest BCUT2D eigenvalue weighted by atomic mass is 35.5.